The predicted octanol–water partition coefficient (Wildman–Crippen LogP) is 2.00. The van der Waals surface area contributed by atoms with Gasteiger partial charge >= 0.3 is 0 Å². The second kappa shape index (κ2) is 6.45. The van der Waals surface area contributed by atoms with Crippen molar-refractivity contribution in [1.82, 2.24) is 4.90 Å². The van der Waals surface area contributed by atoms with Crippen molar-refractivity contribution in [1.29, 1.82) is 0 Å². The molecule has 1 saturated heterocycles. The largest absolute Gasteiger partial charge is 0.507 e. The summed E-state index contributed by atoms with van der Waals surface area (Å²) in [5, 5.41) is 10.1. The van der Waals surface area contributed by atoms with Gasteiger partial charge in [0.1, 0.15) is 18.0 Å². The van der Waals surface area contributed by atoms with Gasteiger partial charge in [-0.15, -0.1) is 0 Å². The average Bonchev–Trinajstić information content (AvgIpc) is 2.89. The van der Waals surface area contributed by atoms with Crippen LogP contribution in [0.2, 0.25) is 0 Å². The maximum atomic E-state index is 12.5. The van der Waals surface area contributed by atoms with Gasteiger partial charge in [-0.1, -0.05) is 19.9 Å². The standard InChI is InChI=1S/C16H23NO4/c1-10(2)11-5-6-12(13(18)7-11)16(19)17-8-14(20-3)15(9-17)21-4/h5-7,10,14-15,18H,8-9H2,1-4H3/t14-,15+. The minimum Gasteiger partial charge on any atom is -0.507 e. The van der Waals surface area contributed by atoms with E-state index in [0.29, 0.717) is 24.6 Å². The molecule has 0 saturated carbocycles. The lowest BCUT2D eigenvalue weighted by atomic mass is 10.0. The first-order chi connectivity index (χ1) is 9.97. The molecule has 5 heteroatoms. The molecule has 1 aliphatic rings. The number of methoxy groups -OCH3 is 2. The van der Waals surface area contributed by atoms with E-state index in [9.17, 15) is 9.90 Å². The minimum absolute atomic E-state index is 0.0287. The van der Waals surface area contributed by atoms with Crippen molar-refractivity contribution in [3.63, 3.8) is 0 Å². The fourth-order valence-corrected chi connectivity index (χ4v) is 2.62. The molecule has 1 heterocycles. The average molecular weight is 293 g/mol. The highest BCUT2D eigenvalue weighted by Gasteiger charge is 2.36. The van der Waals surface area contributed by atoms with Crippen LogP contribution in [0.5, 0.6) is 5.75 Å². The minimum atomic E-state index is -0.190. The Morgan fingerprint density at radius 2 is 1.81 bits per heavy atom. The lowest BCUT2D eigenvalue weighted by molar-refractivity contribution is -0.00461. The van der Waals surface area contributed by atoms with Crippen LogP contribution in [0.4, 0.5) is 0 Å². The van der Waals surface area contributed by atoms with Crippen LogP contribution in [-0.2, 0) is 9.47 Å². The second-order valence-electron chi connectivity index (χ2n) is 5.69. The Bertz CT molecular complexity index is 503. The molecule has 116 valence electrons. The lowest BCUT2D eigenvalue weighted by Gasteiger charge is -2.17. The number of benzene rings is 1. The Morgan fingerprint density at radius 1 is 1.24 bits per heavy atom. The zero-order valence-electron chi connectivity index (χ0n) is 13.0. The summed E-state index contributed by atoms with van der Waals surface area (Å²) in [6.07, 6.45) is -0.257. The highest BCUT2D eigenvalue weighted by atomic mass is 16.5. The summed E-state index contributed by atoms with van der Waals surface area (Å²) in [4.78, 5) is 14.2. The number of hydrogen-bond acceptors (Lipinski definition) is 4. The number of amides is 1. The molecule has 1 aromatic rings. The lowest BCUT2D eigenvalue weighted by Crippen LogP contribution is -2.30. The normalized spacial score (nSPS) is 22.0. The summed E-state index contributed by atoms with van der Waals surface area (Å²) in [7, 11) is 3.22. The van der Waals surface area contributed by atoms with E-state index in [2.05, 4.69) is 0 Å². The molecule has 0 radical (unpaired) electrons. The van der Waals surface area contributed by atoms with Crippen molar-refractivity contribution in [3.05, 3.63) is 29.3 Å². The first-order valence-electron chi connectivity index (χ1n) is 7.15. The van der Waals surface area contributed by atoms with E-state index >= 15 is 0 Å². The SMILES string of the molecule is CO[C@H]1CN(C(=O)c2ccc(C(C)C)cc2O)C[C@H]1OC. The number of ether oxygens (including phenoxy) is 2. The van der Waals surface area contributed by atoms with Gasteiger partial charge in [-0.25, -0.2) is 0 Å². The number of likely N-dealkylation sites (tertiary alicyclic amines) is 1. The van der Waals surface area contributed by atoms with Gasteiger partial charge in [0.15, 0.2) is 0 Å². The monoisotopic (exact) mass is 293 g/mol. The van der Waals surface area contributed by atoms with Gasteiger partial charge < -0.3 is 19.5 Å². The van der Waals surface area contributed by atoms with Crippen LogP contribution >= 0.6 is 0 Å². The number of nitrogens with zero attached hydrogens (tertiary/aromatic N) is 1. The van der Waals surface area contributed by atoms with Gasteiger partial charge in [0, 0.05) is 27.3 Å². The number of hydrogen-bond donors (Lipinski definition) is 1. The summed E-state index contributed by atoms with van der Waals surface area (Å²) < 4.78 is 10.7. The quantitative estimate of drug-likeness (QED) is 0.922. The second-order valence-corrected chi connectivity index (χ2v) is 5.69. The van der Waals surface area contributed by atoms with Gasteiger partial charge in [-0.05, 0) is 23.6 Å². The van der Waals surface area contributed by atoms with E-state index in [1.165, 1.54) is 0 Å². The molecular formula is C16H23NO4. The third-order valence-electron chi connectivity index (χ3n) is 4.03. The van der Waals surface area contributed by atoms with E-state index < -0.39 is 0 Å². The van der Waals surface area contributed by atoms with Crippen molar-refractivity contribution in [2.45, 2.75) is 32.0 Å². The maximum absolute atomic E-state index is 12.5. The van der Waals surface area contributed by atoms with Crippen molar-refractivity contribution >= 4 is 5.91 Å². The topological polar surface area (TPSA) is 59.0 Å². The number of aromatic hydroxyl groups is 1. The highest BCUT2D eigenvalue weighted by molar-refractivity contribution is 5.97. The molecule has 1 amide bonds. The Kier molecular flexibility index (Phi) is 4.85. The molecule has 0 unspecified atom stereocenters. The van der Waals surface area contributed by atoms with Crippen LogP contribution in [0, 0.1) is 0 Å². The van der Waals surface area contributed by atoms with Crippen LogP contribution in [0.15, 0.2) is 18.2 Å². The van der Waals surface area contributed by atoms with E-state index in [4.69, 9.17) is 9.47 Å². The molecule has 0 spiro atoms. The summed E-state index contributed by atoms with van der Waals surface area (Å²) >= 11 is 0. The van der Waals surface area contributed by atoms with Gasteiger partial charge in [0.25, 0.3) is 5.91 Å². The number of rotatable bonds is 4. The molecule has 0 aliphatic carbocycles. The molecule has 2 rings (SSSR count). The Hall–Kier alpha value is -1.59. The highest BCUT2D eigenvalue weighted by Crippen LogP contribution is 2.26. The number of phenolic OH excluding ortho intramolecular Hbond substituents is 1. The van der Waals surface area contributed by atoms with Crippen LogP contribution in [0.25, 0.3) is 0 Å². The first-order valence-corrected chi connectivity index (χ1v) is 7.15. The van der Waals surface area contributed by atoms with Crippen LogP contribution < -0.4 is 0 Å². The fraction of sp³-hybridized carbons (Fsp3) is 0.562. The van der Waals surface area contributed by atoms with E-state index in [-0.39, 0.29) is 23.9 Å². The fourth-order valence-electron chi connectivity index (χ4n) is 2.62. The zero-order chi connectivity index (χ0) is 15.6. The maximum Gasteiger partial charge on any atom is 0.257 e. The molecule has 21 heavy (non-hydrogen) atoms. The zero-order valence-corrected chi connectivity index (χ0v) is 13.0. The number of carbonyl (C=O) groups excluding carboxylic acids is 1. The van der Waals surface area contributed by atoms with Crippen molar-refractivity contribution in [2.75, 3.05) is 27.3 Å². The molecule has 1 N–H and O–H groups in total. The molecular weight excluding hydrogens is 270 g/mol. The van der Waals surface area contributed by atoms with Crippen molar-refractivity contribution in [2.24, 2.45) is 0 Å². The Morgan fingerprint density at radius 3 is 2.24 bits per heavy atom. The summed E-state index contributed by atoms with van der Waals surface area (Å²) in [5.41, 5.74) is 1.33. The van der Waals surface area contributed by atoms with E-state index in [1.54, 1.807) is 31.3 Å². The first kappa shape index (κ1) is 15.8. The van der Waals surface area contributed by atoms with Crippen molar-refractivity contribution in [3.8, 4) is 5.75 Å². The molecule has 2 atom stereocenters. The smallest absolute Gasteiger partial charge is 0.257 e. The summed E-state index contributed by atoms with van der Waals surface area (Å²) in [6, 6.07) is 5.24. The van der Waals surface area contributed by atoms with E-state index in [0.717, 1.165) is 5.56 Å². The van der Waals surface area contributed by atoms with Crippen LogP contribution in [0.3, 0.4) is 0 Å². The van der Waals surface area contributed by atoms with Crippen LogP contribution in [0.1, 0.15) is 35.7 Å². The number of phenols is 1. The van der Waals surface area contributed by atoms with E-state index in [1.807, 2.05) is 19.9 Å². The van der Waals surface area contributed by atoms with Gasteiger partial charge in [-0.3, -0.25) is 4.79 Å². The molecule has 1 aromatic carbocycles. The molecule has 1 aliphatic heterocycles. The third-order valence-corrected chi connectivity index (χ3v) is 4.03. The molecule has 5 nitrogen and oxygen atoms in total. The predicted molar refractivity (Wildman–Crippen MR) is 79.7 cm³/mol. The molecule has 0 bridgehead atoms. The van der Waals surface area contributed by atoms with Gasteiger partial charge in [0.2, 0.25) is 0 Å². The summed E-state index contributed by atoms with van der Waals surface area (Å²) in [5.74, 6) is 0.146. The Labute approximate surface area is 125 Å². The molecule has 0 aromatic heterocycles. The Balaban J connectivity index is 2.17. The number of carbonyl (C=O) groups is 1. The van der Waals surface area contributed by atoms with Gasteiger partial charge in [-0.2, -0.15) is 0 Å². The third kappa shape index (κ3) is 3.19. The van der Waals surface area contributed by atoms with Crippen molar-refractivity contribution < 1.29 is 19.4 Å². The summed E-state index contributed by atoms with van der Waals surface area (Å²) in [6.45, 7) is 5.03. The van der Waals surface area contributed by atoms with Crippen LogP contribution in [-0.4, -0.2) is 55.4 Å². The van der Waals surface area contributed by atoms with Gasteiger partial charge in [0.05, 0.1) is 5.56 Å². The molecule has 1 fully saturated rings.